The smallest absolute Gasteiger partial charge is 0.318 e. The van der Waals surface area contributed by atoms with E-state index in [0.29, 0.717) is 11.5 Å². The number of amides is 1. The van der Waals surface area contributed by atoms with Gasteiger partial charge in [0.15, 0.2) is 6.61 Å². The molecule has 146 valence electrons. The number of hydrogen-bond acceptors (Lipinski definition) is 4. The molecule has 0 unspecified atom stereocenters. The Morgan fingerprint density at radius 1 is 0.893 bits per heavy atom. The van der Waals surface area contributed by atoms with Gasteiger partial charge in [-0.2, -0.15) is 0 Å². The Bertz CT molecular complexity index is 810. The molecule has 1 aliphatic heterocycles. The molecule has 0 radical (unpaired) electrons. The molecular weight excluding hydrogens is 354 g/mol. The maximum absolute atomic E-state index is 12.9. The van der Waals surface area contributed by atoms with E-state index < -0.39 is 11.9 Å². The van der Waals surface area contributed by atoms with Crippen LogP contribution in [0.4, 0.5) is 0 Å². The van der Waals surface area contributed by atoms with Crippen LogP contribution in [0.1, 0.15) is 55.6 Å². The molecule has 0 saturated heterocycles. The van der Waals surface area contributed by atoms with Gasteiger partial charge in [-0.15, -0.1) is 0 Å². The van der Waals surface area contributed by atoms with Gasteiger partial charge >= 0.3 is 5.97 Å². The highest BCUT2D eigenvalue weighted by Crippen LogP contribution is 2.44. The highest BCUT2D eigenvalue weighted by Gasteiger charge is 2.34. The van der Waals surface area contributed by atoms with Crippen LogP contribution in [0.3, 0.4) is 0 Å². The van der Waals surface area contributed by atoms with Crippen molar-refractivity contribution in [2.24, 2.45) is 0 Å². The number of nitrogens with one attached hydrogen (secondary N) is 1. The lowest BCUT2D eigenvalue weighted by molar-refractivity contribution is -0.149. The lowest BCUT2D eigenvalue weighted by atomic mass is 9.88. The molecule has 1 amide bonds. The number of rotatable bonds is 4. The van der Waals surface area contributed by atoms with Crippen LogP contribution in [0.25, 0.3) is 0 Å². The maximum atomic E-state index is 12.9. The Hall–Kier alpha value is -2.82. The molecular formula is C23H25NO4. The predicted octanol–water partition coefficient (Wildman–Crippen LogP) is 4.31. The molecule has 1 aliphatic carbocycles. The quantitative estimate of drug-likeness (QED) is 0.635. The van der Waals surface area contributed by atoms with Crippen molar-refractivity contribution in [2.75, 3.05) is 6.61 Å². The average molecular weight is 379 g/mol. The fourth-order valence-corrected chi connectivity index (χ4v) is 4.08. The van der Waals surface area contributed by atoms with Gasteiger partial charge in [-0.1, -0.05) is 62.1 Å². The largest absolute Gasteiger partial charge is 0.457 e. The Morgan fingerprint density at radius 3 is 2.07 bits per heavy atom. The van der Waals surface area contributed by atoms with Crippen LogP contribution in [0.5, 0.6) is 11.5 Å². The van der Waals surface area contributed by atoms with Gasteiger partial charge in [-0.05, 0) is 25.0 Å². The van der Waals surface area contributed by atoms with Gasteiger partial charge < -0.3 is 14.8 Å². The predicted molar refractivity (Wildman–Crippen MR) is 105 cm³/mol. The first-order valence-corrected chi connectivity index (χ1v) is 10.0. The molecule has 5 nitrogen and oxygen atoms in total. The lowest BCUT2D eigenvalue weighted by Gasteiger charge is -2.26. The van der Waals surface area contributed by atoms with Crippen molar-refractivity contribution in [2.45, 2.75) is 50.5 Å². The summed E-state index contributed by atoms with van der Waals surface area (Å²) in [5.41, 5.74) is 1.52. The summed E-state index contributed by atoms with van der Waals surface area (Å²) in [6.07, 6.45) is 6.73. The van der Waals surface area contributed by atoms with E-state index in [4.69, 9.17) is 9.47 Å². The summed E-state index contributed by atoms with van der Waals surface area (Å²) < 4.78 is 11.3. The first kappa shape index (κ1) is 18.5. The minimum Gasteiger partial charge on any atom is -0.457 e. The fraction of sp³-hybridized carbons (Fsp3) is 0.391. The minimum atomic E-state index is -0.591. The van der Waals surface area contributed by atoms with Crippen molar-refractivity contribution in [3.8, 4) is 11.5 Å². The van der Waals surface area contributed by atoms with Crippen molar-refractivity contribution in [1.29, 1.82) is 0 Å². The maximum Gasteiger partial charge on any atom is 0.318 e. The van der Waals surface area contributed by atoms with E-state index in [2.05, 4.69) is 5.32 Å². The van der Waals surface area contributed by atoms with Crippen LogP contribution >= 0.6 is 0 Å². The number of carbonyl (C=O) groups is 2. The van der Waals surface area contributed by atoms with E-state index in [9.17, 15) is 9.59 Å². The standard InChI is InChI=1S/C23H25NO4/c25-21(24-16-9-3-1-2-4-10-16)15-27-23(26)22-17-11-5-7-13-19(17)28-20-14-8-6-12-18(20)22/h5-8,11-14,16,22H,1-4,9-10,15H2,(H,24,25). The van der Waals surface area contributed by atoms with Crippen LogP contribution in [-0.2, 0) is 14.3 Å². The van der Waals surface area contributed by atoms with Crippen LogP contribution in [0.2, 0.25) is 0 Å². The minimum absolute atomic E-state index is 0.193. The van der Waals surface area contributed by atoms with Crippen LogP contribution in [-0.4, -0.2) is 24.5 Å². The molecule has 2 aromatic carbocycles. The molecule has 28 heavy (non-hydrogen) atoms. The van der Waals surface area contributed by atoms with E-state index in [0.717, 1.165) is 36.8 Å². The molecule has 5 heteroatoms. The van der Waals surface area contributed by atoms with E-state index in [1.165, 1.54) is 12.8 Å². The highest BCUT2D eigenvalue weighted by molar-refractivity contribution is 5.87. The monoisotopic (exact) mass is 379 g/mol. The number of para-hydroxylation sites is 2. The molecule has 2 aliphatic rings. The number of benzene rings is 2. The summed E-state index contributed by atoms with van der Waals surface area (Å²) in [5, 5.41) is 3.01. The molecule has 1 N–H and O–H groups in total. The second kappa shape index (κ2) is 8.46. The molecule has 4 rings (SSSR count). The molecule has 1 fully saturated rings. The third-order valence-electron chi connectivity index (χ3n) is 5.48. The number of ether oxygens (including phenoxy) is 2. The first-order chi connectivity index (χ1) is 13.7. The first-order valence-electron chi connectivity index (χ1n) is 10.0. The summed E-state index contributed by atoms with van der Waals surface area (Å²) in [6, 6.07) is 15.1. The molecule has 2 aromatic rings. The zero-order chi connectivity index (χ0) is 19.3. The number of hydrogen-bond donors (Lipinski definition) is 1. The zero-order valence-electron chi connectivity index (χ0n) is 15.9. The Labute approximate surface area is 165 Å². The average Bonchev–Trinajstić information content (AvgIpc) is 2.99. The topological polar surface area (TPSA) is 64.6 Å². The van der Waals surface area contributed by atoms with Gasteiger partial charge in [-0.3, -0.25) is 9.59 Å². The Morgan fingerprint density at radius 2 is 1.46 bits per heavy atom. The molecule has 0 aromatic heterocycles. The van der Waals surface area contributed by atoms with Gasteiger partial charge in [0.1, 0.15) is 17.4 Å². The zero-order valence-corrected chi connectivity index (χ0v) is 15.9. The number of esters is 1. The van der Waals surface area contributed by atoms with Crippen LogP contribution in [0.15, 0.2) is 48.5 Å². The van der Waals surface area contributed by atoms with Gasteiger partial charge in [0.25, 0.3) is 5.91 Å². The highest BCUT2D eigenvalue weighted by atomic mass is 16.5. The van der Waals surface area contributed by atoms with Crippen molar-refractivity contribution in [1.82, 2.24) is 5.32 Å². The second-order valence-electron chi connectivity index (χ2n) is 7.47. The summed E-state index contributed by atoms with van der Waals surface area (Å²) in [4.78, 5) is 25.2. The summed E-state index contributed by atoms with van der Waals surface area (Å²) in [5.74, 6) is 0.0389. The van der Waals surface area contributed by atoms with Crippen molar-refractivity contribution in [3.63, 3.8) is 0 Å². The van der Waals surface area contributed by atoms with Gasteiger partial charge in [0.2, 0.25) is 0 Å². The number of carbonyl (C=O) groups excluding carboxylic acids is 2. The Balaban J connectivity index is 1.44. The fourth-order valence-electron chi connectivity index (χ4n) is 4.08. The van der Waals surface area contributed by atoms with E-state index >= 15 is 0 Å². The van der Waals surface area contributed by atoms with Gasteiger partial charge in [-0.25, -0.2) is 0 Å². The number of fused-ring (bicyclic) bond motifs is 2. The molecule has 0 atom stereocenters. The molecule has 1 saturated carbocycles. The van der Waals surface area contributed by atoms with Crippen molar-refractivity contribution < 1.29 is 19.1 Å². The van der Waals surface area contributed by atoms with Crippen molar-refractivity contribution in [3.05, 3.63) is 59.7 Å². The van der Waals surface area contributed by atoms with Gasteiger partial charge in [0, 0.05) is 17.2 Å². The summed E-state index contributed by atoms with van der Waals surface area (Å²) >= 11 is 0. The van der Waals surface area contributed by atoms with Crippen molar-refractivity contribution >= 4 is 11.9 Å². The Kier molecular flexibility index (Phi) is 5.60. The van der Waals surface area contributed by atoms with Gasteiger partial charge in [0.05, 0.1) is 0 Å². The van der Waals surface area contributed by atoms with Crippen LogP contribution < -0.4 is 10.1 Å². The summed E-state index contributed by atoms with van der Waals surface area (Å²) in [6.45, 7) is -0.253. The molecule has 1 heterocycles. The third kappa shape index (κ3) is 4.03. The molecule has 0 spiro atoms. The van der Waals surface area contributed by atoms with E-state index in [1.807, 2.05) is 48.5 Å². The van der Waals surface area contributed by atoms with E-state index in [-0.39, 0.29) is 18.6 Å². The van der Waals surface area contributed by atoms with Crippen LogP contribution in [0, 0.1) is 0 Å². The second-order valence-corrected chi connectivity index (χ2v) is 7.47. The third-order valence-corrected chi connectivity index (χ3v) is 5.48. The summed E-state index contributed by atoms with van der Waals surface area (Å²) in [7, 11) is 0. The normalized spacial score (nSPS) is 16.9. The SMILES string of the molecule is O=C(COC(=O)C1c2ccccc2Oc2ccccc21)NC1CCCCCC1. The molecule has 0 bridgehead atoms. The lowest BCUT2D eigenvalue weighted by Crippen LogP contribution is -2.37. The van der Waals surface area contributed by atoms with E-state index in [1.54, 1.807) is 0 Å².